The molecule has 1 aromatic carbocycles. The van der Waals surface area contributed by atoms with Gasteiger partial charge in [0.25, 0.3) is 5.91 Å². The number of methoxy groups -OCH3 is 1. The van der Waals surface area contributed by atoms with Crippen LogP contribution < -0.4 is 0 Å². The summed E-state index contributed by atoms with van der Waals surface area (Å²) in [7, 11) is 1.68. The van der Waals surface area contributed by atoms with Crippen LogP contribution in [0.2, 0.25) is 0 Å². The van der Waals surface area contributed by atoms with Crippen molar-refractivity contribution in [1.29, 1.82) is 0 Å². The first kappa shape index (κ1) is 18.0. The third kappa shape index (κ3) is 4.05. The smallest absolute Gasteiger partial charge is 0.356 e. The molecule has 7 nitrogen and oxygen atoms in total. The summed E-state index contributed by atoms with van der Waals surface area (Å²) in [5.74, 6) is -0.740. The van der Waals surface area contributed by atoms with Gasteiger partial charge in [-0.1, -0.05) is 12.1 Å². The zero-order chi connectivity index (χ0) is 18.5. The summed E-state index contributed by atoms with van der Waals surface area (Å²) in [5.41, 5.74) is 1.67. The molecule has 1 aliphatic rings. The highest BCUT2D eigenvalue weighted by Gasteiger charge is 2.24. The fraction of sp³-hybridized carbons (Fsp3) is 0.368. The first-order chi connectivity index (χ1) is 12.6. The van der Waals surface area contributed by atoms with Crippen molar-refractivity contribution >= 4 is 11.9 Å². The normalized spacial score (nSPS) is 17.1. The molecule has 0 spiro atoms. The van der Waals surface area contributed by atoms with Crippen LogP contribution in [0.4, 0.5) is 0 Å². The van der Waals surface area contributed by atoms with Gasteiger partial charge >= 0.3 is 5.97 Å². The van der Waals surface area contributed by atoms with Gasteiger partial charge in [-0.2, -0.15) is 0 Å². The van der Waals surface area contributed by atoms with Crippen molar-refractivity contribution in [3.63, 3.8) is 0 Å². The number of hydrogen-bond donors (Lipinski definition) is 1. The van der Waals surface area contributed by atoms with E-state index in [0.717, 1.165) is 19.4 Å². The second kappa shape index (κ2) is 8.05. The predicted octanol–water partition coefficient (Wildman–Crippen LogP) is 2.34. The molecule has 2 aromatic rings. The average Bonchev–Trinajstić information content (AvgIpc) is 2.68. The molecule has 1 saturated heterocycles. The largest absolute Gasteiger partial charge is 0.476 e. The zero-order valence-corrected chi connectivity index (χ0v) is 14.6. The molecule has 2 heterocycles. The predicted molar refractivity (Wildman–Crippen MR) is 94.9 cm³/mol. The van der Waals surface area contributed by atoms with Crippen molar-refractivity contribution in [2.45, 2.75) is 12.8 Å². The number of hydrogen-bond acceptors (Lipinski definition) is 5. The van der Waals surface area contributed by atoms with Crippen LogP contribution in [-0.4, -0.2) is 58.7 Å². The van der Waals surface area contributed by atoms with Gasteiger partial charge in [0.05, 0.1) is 24.7 Å². The molecule has 1 atom stereocenters. The third-order valence-corrected chi connectivity index (χ3v) is 4.49. The fourth-order valence-corrected chi connectivity index (χ4v) is 3.20. The summed E-state index contributed by atoms with van der Waals surface area (Å²) in [4.78, 5) is 33.6. The maximum atomic E-state index is 12.7. The van der Waals surface area contributed by atoms with Gasteiger partial charge in [0, 0.05) is 31.3 Å². The van der Waals surface area contributed by atoms with Crippen molar-refractivity contribution in [1.82, 2.24) is 14.9 Å². The quantitative estimate of drug-likeness (QED) is 0.885. The Labute approximate surface area is 151 Å². The van der Waals surface area contributed by atoms with Gasteiger partial charge in [-0.15, -0.1) is 0 Å². The van der Waals surface area contributed by atoms with E-state index in [9.17, 15) is 9.59 Å². The van der Waals surface area contributed by atoms with Gasteiger partial charge in [-0.05, 0) is 30.9 Å². The van der Waals surface area contributed by atoms with Crippen LogP contribution in [0.5, 0.6) is 0 Å². The lowest BCUT2D eigenvalue weighted by Gasteiger charge is -2.32. The number of amides is 1. The summed E-state index contributed by atoms with van der Waals surface area (Å²) in [6.45, 7) is 2.13. The lowest BCUT2D eigenvalue weighted by Crippen LogP contribution is -2.41. The van der Waals surface area contributed by atoms with Crippen molar-refractivity contribution < 1.29 is 19.4 Å². The number of carboxylic acids is 1. The standard InChI is InChI=1S/C19H21N3O4/c1-26-12-13-3-2-8-22(11-13)18(23)15-6-4-14(5-7-15)16-9-20-10-17(21-16)19(24)25/h4-7,9-10,13H,2-3,8,11-12H2,1H3,(H,24,25)/t13-/m0/s1. The van der Waals surface area contributed by atoms with E-state index in [1.165, 1.54) is 12.4 Å². The Morgan fingerprint density at radius 3 is 2.73 bits per heavy atom. The highest BCUT2D eigenvalue weighted by molar-refractivity contribution is 5.94. The topological polar surface area (TPSA) is 92.6 Å². The Balaban J connectivity index is 1.74. The van der Waals surface area contributed by atoms with E-state index in [1.807, 2.05) is 4.90 Å². The monoisotopic (exact) mass is 355 g/mol. The van der Waals surface area contributed by atoms with E-state index < -0.39 is 5.97 Å². The Morgan fingerprint density at radius 1 is 1.27 bits per heavy atom. The number of aromatic nitrogens is 2. The molecule has 1 aromatic heterocycles. The molecular formula is C19H21N3O4. The summed E-state index contributed by atoms with van der Waals surface area (Å²) in [5, 5.41) is 9.02. The summed E-state index contributed by atoms with van der Waals surface area (Å²) in [6.07, 6.45) is 4.77. The van der Waals surface area contributed by atoms with Crippen LogP contribution >= 0.6 is 0 Å². The SMILES string of the molecule is COC[C@H]1CCCN(C(=O)c2ccc(-c3cncc(C(=O)O)n3)cc2)C1. The number of nitrogens with zero attached hydrogens (tertiary/aromatic N) is 3. The van der Waals surface area contributed by atoms with Gasteiger partial charge in [-0.3, -0.25) is 9.78 Å². The minimum absolute atomic E-state index is 0.00252. The minimum Gasteiger partial charge on any atom is -0.476 e. The zero-order valence-electron chi connectivity index (χ0n) is 14.6. The number of aromatic carboxylic acids is 1. The summed E-state index contributed by atoms with van der Waals surface area (Å²) >= 11 is 0. The number of carbonyl (C=O) groups is 2. The number of ether oxygens (including phenoxy) is 1. The Hall–Kier alpha value is -2.80. The molecule has 0 radical (unpaired) electrons. The molecule has 0 aliphatic carbocycles. The van der Waals surface area contributed by atoms with E-state index >= 15 is 0 Å². The average molecular weight is 355 g/mol. The molecular weight excluding hydrogens is 334 g/mol. The van der Waals surface area contributed by atoms with E-state index in [4.69, 9.17) is 9.84 Å². The molecule has 0 bridgehead atoms. The van der Waals surface area contributed by atoms with E-state index in [2.05, 4.69) is 9.97 Å². The van der Waals surface area contributed by atoms with Gasteiger partial charge in [0.15, 0.2) is 5.69 Å². The molecule has 7 heteroatoms. The number of likely N-dealkylation sites (tertiary alicyclic amines) is 1. The summed E-state index contributed by atoms with van der Waals surface area (Å²) < 4.78 is 5.21. The van der Waals surface area contributed by atoms with Gasteiger partial charge in [-0.25, -0.2) is 9.78 Å². The van der Waals surface area contributed by atoms with E-state index in [-0.39, 0.29) is 11.6 Å². The Kier molecular flexibility index (Phi) is 5.58. The van der Waals surface area contributed by atoms with Crippen LogP contribution in [0.15, 0.2) is 36.7 Å². The molecule has 3 rings (SSSR count). The molecule has 0 saturated carbocycles. The van der Waals surface area contributed by atoms with Crippen LogP contribution in [0.3, 0.4) is 0 Å². The van der Waals surface area contributed by atoms with Gasteiger partial charge in [0.2, 0.25) is 0 Å². The molecule has 1 fully saturated rings. The second-order valence-electron chi connectivity index (χ2n) is 6.39. The maximum Gasteiger partial charge on any atom is 0.356 e. The van der Waals surface area contributed by atoms with Gasteiger partial charge in [0.1, 0.15) is 0 Å². The fourth-order valence-electron chi connectivity index (χ4n) is 3.20. The maximum absolute atomic E-state index is 12.7. The van der Waals surface area contributed by atoms with E-state index in [0.29, 0.717) is 35.9 Å². The van der Waals surface area contributed by atoms with Crippen molar-refractivity contribution in [3.8, 4) is 11.3 Å². The minimum atomic E-state index is -1.12. The number of piperidine rings is 1. The second-order valence-corrected chi connectivity index (χ2v) is 6.39. The molecule has 26 heavy (non-hydrogen) atoms. The van der Waals surface area contributed by atoms with Crippen molar-refractivity contribution in [2.75, 3.05) is 26.8 Å². The molecule has 1 N–H and O–H groups in total. The van der Waals surface area contributed by atoms with E-state index in [1.54, 1.807) is 31.4 Å². The molecule has 1 aliphatic heterocycles. The number of rotatable bonds is 5. The first-order valence-electron chi connectivity index (χ1n) is 8.52. The van der Waals surface area contributed by atoms with Gasteiger partial charge < -0.3 is 14.7 Å². The van der Waals surface area contributed by atoms with Crippen LogP contribution in [-0.2, 0) is 4.74 Å². The molecule has 1 amide bonds. The number of benzene rings is 1. The van der Waals surface area contributed by atoms with Crippen molar-refractivity contribution in [2.24, 2.45) is 5.92 Å². The lowest BCUT2D eigenvalue weighted by atomic mass is 9.98. The third-order valence-electron chi connectivity index (χ3n) is 4.49. The molecule has 136 valence electrons. The molecule has 0 unspecified atom stereocenters. The highest BCUT2D eigenvalue weighted by Crippen LogP contribution is 2.21. The number of carbonyl (C=O) groups excluding carboxylic acids is 1. The first-order valence-corrected chi connectivity index (χ1v) is 8.52. The van der Waals surface area contributed by atoms with Crippen LogP contribution in [0.1, 0.15) is 33.7 Å². The summed E-state index contributed by atoms with van der Waals surface area (Å²) in [6, 6.07) is 7.01. The highest BCUT2D eigenvalue weighted by atomic mass is 16.5. The lowest BCUT2D eigenvalue weighted by molar-refractivity contribution is 0.0570. The van der Waals surface area contributed by atoms with Crippen molar-refractivity contribution in [3.05, 3.63) is 47.9 Å². The Morgan fingerprint density at radius 2 is 2.04 bits per heavy atom. The van der Waals surface area contributed by atoms with Crippen LogP contribution in [0, 0.1) is 5.92 Å². The van der Waals surface area contributed by atoms with Crippen LogP contribution in [0.25, 0.3) is 11.3 Å². The Bertz CT molecular complexity index is 790. The number of carboxylic acid groups (broad SMARTS) is 1.